The van der Waals surface area contributed by atoms with Gasteiger partial charge in [-0.3, -0.25) is 9.59 Å². The molecule has 0 saturated carbocycles. The van der Waals surface area contributed by atoms with Gasteiger partial charge in [-0.05, 0) is 45.3 Å². The highest BCUT2D eigenvalue weighted by atomic mass is 32.1. The fourth-order valence-corrected chi connectivity index (χ4v) is 3.48. The summed E-state index contributed by atoms with van der Waals surface area (Å²) in [7, 11) is 0. The number of piperidine rings is 1. The van der Waals surface area contributed by atoms with E-state index in [1.807, 2.05) is 4.90 Å². The van der Waals surface area contributed by atoms with E-state index >= 15 is 0 Å². The average Bonchev–Trinajstić information content (AvgIpc) is 2.95. The van der Waals surface area contributed by atoms with Crippen LogP contribution in [0.3, 0.4) is 0 Å². The molecule has 1 aliphatic heterocycles. The number of amides is 1. The quantitative estimate of drug-likeness (QED) is 0.849. The second-order valence-electron chi connectivity index (χ2n) is 5.24. The first-order chi connectivity index (χ1) is 9.63. The summed E-state index contributed by atoms with van der Waals surface area (Å²) in [5.41, 5.74) is 0.639. The molecular weight excluding hydrogens is 272 g/mol. The summed E-state index contributed by atoms with van der Waals surface area (Å²) in [4.78, 5) is 26.7. The van der Waals surface area contributed by atoms with Gasteiger partial charge >= 0.3 is 0 Å². The van der Waals surface area contributed by atoms with Crippen LogP contribution >= 0.6 is 11.3 Å². The fraction of sp³-hybridized carbons (Fsp3) is 0.600. The minimum Gasteiger partial charge on any atom is -0.335 e. The molecule has 4 nitrogen and oxygen atoms in total. The first kappa shape index (κ1) is 15.2. The van der Waals surface area contributed by atoms with Crippen LogP contribution in [-0.4, -0.2) is 42.3 Å². The van der Waals surface area contributed by atoms with E-state index in [4.69, 9.17) is 0 Å². The number of thiophene rings is 1. The number of ketones is 1. The Morgan fingerprint density at radius 2 is 2.10 bits per heavy atom. The summed E-state index contributed by atoms with van der Waals surface area (Å²) < 4.78 is 0. The van der Waals surface area contributed by atoms with Gasteiger partial charge in [0.25, 0.3) is 5.91 Å². The molecule has 110 valence electrons. The van der Waals surface area contributed by atoms with Gasteiger partial charge in [0.15, 0.2) is 5.78 Å². The summed E-state index contributed by atoms with van der Waals surface area (Å²) in [6.07, 6.45) is 2.98. The van der Waals surface area contributed by atoms with Crippen LogP contribution in [0, 0.1) is 0 Å². The Balaban J connectivity index is 2.14. The minimum absolute atomic E-state index is 0.0178. The predicted molar refractivity (Wildman–Crippen MR) is 81.5 cm³/mol. The third-order valence-corrected chi connectivity index (χ3v) is 4.61. The van der Waals surface area contributed by atoms with Crippen molar-refractivity contribution in [2.75, 3.05) is 19.6 Å². The Morgan fingerprint density at radius 1 is 1.40 bits per heavy atom. The molecule has 1 saturated heterocycles. The summed E-state index contributed by atoms with van der Waals surface area (Å²) in [6.45, 7) is 6.36. The van der Waals surface area contributed by atoms with Crippen molar-refractivity contribution in [2.45, 2.75) is 39.2 Å². The topological polar surface area (TPSA) is 49.4 Å². The summed E-state index contributed by atoms with van der Waals surface area (Å²) in [5.74, 6) is 0.0976. The molecule has 1 fully saturated rings. The van der Waals surface area contributed by atoms with E-state index in [9.17, 15) is 9.59 Å². The number of carbonyl (C=O) groups is 2. The zero-order valence-corrected chi connectivity index (χ0v) is 13.0. The van der Waals surface area contributed by atoms with Gasteiger partial charge in [-0.2, -0.15) is 0 Å². The minimum atomic E-state index is 0.0178. The van der Waals surface area contributed by atoms with Gasteiger partial charge in [0.1, 0.15) is 0 Å². The maximum atomic E-state index is 12.7. The van der Waals surface area contributed by atoms with Crippen molar-refractivity contribution >= 4 is 23.0 Å². The summed E-state index contributed by atoms with van der Waals surface area (Å²) >= 11 is 1.38. The SMILES string of the molecule is CCCN(C(=O)c1cc(C(C)=O)cs1)C1CCNCC1. The molecule has 1 aromatic heterocycles. The normalized spacial score (nSPS) is 16.1. The third-order valence-electron chi connectivity index (χ3n) is 3.69. The van der Waals surface area contributed by atoms with Crippen LogP contribution in [0.25, 0.3) is 0 Å². The van der Waals surface area contributed by atoms with Crippen molar-refractivity contribution < 1.29 is 9.59 Å². The van der Waals surface area contributed by atoms with Crippen LogP contribution in [0.1, 0.15) is 53.1 Å². The molecule has 0 aliphatic carbocycles. The smallest absolute Gasteiger partial charge is 0.264 e. The zero-order valence-electron chi connectivity index (χ0n) is 12.1. The van der Waals surface area contributed by atoms with Crippen molar-refractivity contribution in [1.29, 1.82) is 0 Å². The van der Waals surface area contributed by atoms with Crippen LogP contribution in [0.5, 0.6) is 0 Å². The average molecular weight is 294 g/mol. The standard InChI is InChI=1S/C15H22N2O2S/c1-3-8-17(13-4-6-16-7-5-13)15(19)14-9-12(10-20-14)11(2)18/h9-10,13,16H,3-8H2,1-2H3. The Bertz CT molecular complexity index is 478. The van der Waals surface area contributed by atoms with E-state index in [0.717, 1.165) is 38.9 Å². The van der Waals surface area contributed by atoms with E-state index < -0.39 is 0 Å². The molecule has 1 amide bonds. The maximum Gasteiger partial charge on any atom is 0.264 e. The van der Waals surface area contributed by atoms with Gasteiger partial charge in [-0.15, -0.1) is 11.3 Å². The molecule has 0 bridgehead atoms. The van der Waals surface area contributed by atoms with E-state index in [2.05, 4.69) is 12.2 Å². The summed E-state index contributed by atoms with van der Waals surface area (Å²) in [6, 6.07) is 2.06. The number of nitrogens with zero attached hydrogens (tertiary/aromatic N) is 1. The van der Waals surface area contributed by atoms with E-state index in [1.54, 1.807) is 11.4 Å². The van der Waals surface area contributed by atoms with E-state index in [1.165, 1.54) is 18.3 Å². The monoisotopic (exact) mass is 294 g/mol. The van der Waals surface area contributed by atoms with Crippen molar-refractivity contribution in [3.63, 3.8) is 0 Å². The van der Waals surface area contributed by atoms with E-state index in [-0.39, 0.29) is 11.7 Å². The molecule has 0 aromatic carbocycles. The number of hydrogen-bond donors (Lipinski definition) is 1. The van der Waals surface area contributed by atoms with Crippen molar-refractivity contribution in [2.24, 2.45) is 0 Å². The van der Waals surface area contributed by atoms with Crippen molar-refractivity contribution in [1.82, 2.24) is 10.2 Å². The highest BCUT2D eigenvalue weighted by molar-refractivity contribution is 7.12. The van der Waals surface area contributed by atoms with Crippen LogP contribution in [-0.2, 0) is 0 Å². The molecule has 1 aliphatic rings. The molecular formula is C15H22N2O2S. The molecule has 2 heterocycles. The molecule has 2 rings (SSSR count). The number of Topliss-reactive ketones (excluding diaryl/α,β-unsaturated/α-hetero) is 1. The van der Waals surface area contributed by atoms with Crippen LogP contribution in [0.15, 0.2) is 11.4 Å². The van der Waals surface area contributed by atoms with E-state index in [0.29, 0.717) is 16.5 Å². The molecule has 0 unspecified atom stereocenters. The number of carbonyl (C=O) groups excluding carboxylic acids is 2. The molecule has 0 radical (unpaired) electrons. The molecule has 0 atom stereocenters. The third kappa shape index (κ3) is 3.46. The predicted octanol–water partition coefficient (Wildman–Crippen LogP) is 2.55. The first-order valence-corrected chi connectivity index (χ1v) is 8.12. The lowest BCUT2D eigenvalue weighted by Crippen LogP contribution is -2.46. The van der Waals surface area contributed by atoms with Gasteiger partial charge in [-0.1, -0.05) is 6.92 Å². The Hall–Kier alpha value is -1.20. The van der Waals surface area contributed by atoms with Gasteiger partial charge in [0.05, 0.1) is 4.88 Å². The number of rotatable bonds is 5. The Kier molecular flexibility index (Phi) is 5.31. The summed E-state index contributed by atoms with van der Waals surface area (Å²) in [5, 5.41) is 5.11. The second-order valence-corrected chi connectivity index (χ2v) is 6.15. The molecule has 5 heteroatoms. The molecule has 0 spiro atoms. The zero-order chi connectivity index (χ0) is 14.5. The van der Waals surface area contributed by atoms with Gasteiger partial charge < -0.3 is 10.2 Å². The Morgan fingerprint density at radius 3 is 2.65 bits per heavy atom. The maximum absolute atomic E-state index is 12.7. The largest absolute Gasteiger partial charge is 0.335 e. The van der Waals surface area contributed by atoms with Crippen molar-refractivity contribution in [3.05, 3.63) is 21.9 Å². The highest BCUT2D eigenvalue weighted by Gasteiger charge is 2.26. The fourth-order valence-electron chi connectivity index (χ4n) is 2.58. The number of hydrogen-bond acceptors (Lipinski definition) is 4. The molecule has 20 heavy (non-hydrogen) atoms. The van der Waals surface area contributed by atoms with Crippen LogP contribution in [0.4, 0.5) is 0 Å². The molecule has 1 N–H and O–H groups in total. The van der Waals surface area contributed by atoms with Crippen molar-refractivity contribution in [3.8, 4) is 0 Å². The van der Waals surface area contributed by atoms with Crippen LogP contribution < -0.4 is 5.32 Å². The second kappa shape index (κ2) is 6.99. The van der Waals surface area contributed by atoms with Crippen LogP contribution in [0.2, 0.25) is 0 Å². The van der Waals surface area contributed by atoms with Gasteiger partial charge in [0.2, 0.25) is 0 Å². The van der Waals surface area contributed by atoms with Gasteiger partial charge in [-0.25, -0.2) is 0 Å². The lowest BCUT2D eigenvalue weighted by atomic mass is 10.0. The molecule has 1 aromatic rings. The number of nitrogens with one attached hydrogen (secondary N) is 1. The lowest BCUT2D eigenvalue weighted by molar-refractivity contribution is 0.0647. The highest BCUT2D eigenvalue weighted by Crippen LogP contribution is 2.21. The first-order valence-electron chi connectivity index (χ1n) is 7.24. The lowest BCUT2D eigenvalue weighted by Gasteiger charge is -2.34. The Labute approximate surface area is 124 Å². The van der Waals surface area contributed by atoms with Gasteiger partial charge in [0, 0.05) is 23.5 Å².